The van der Waals surface area contributed by atoms with Gasteiger partial charge in [0, 0.05) is 27.9 Å². The Bertz CT molecular complexity index is 669. The maximum Gasteiger partial charge on any atom is 0.269 e. The van der Waals surface area contributed by atoms with Crippen LogP contribution in [0, 0.1) is 17.0 Å². The molecule has 0 saturated heterocycles. The largest absolute Gasteiger partial charge is 0.322 e. The number of nitrogens with one attached hydrogen (secondary N) is 1. The Hall–Kier alpha value is -2.21. The van der Waals surface area contributed by atoms with Crippen molar-refractivity contribution in [2.45, 2.75) is 6.92 Å². The number of carbonyl (C=O) groups is 1. The van der Waals surface area contributed by atoms with E-state index in [1.54, 1.807) is 6.07 Å². The van der Waals surface area contributed by atoms with Gasteiger partial charge in [-0.15, -0.1) is 0 Å². The minimum Gasteiger partial charge on any atom is -0.322 e. The van der Waals surface area contributed by atoms with Crippen molar-refractivity contribution in [1.29, 1.82) is 0 Å². The first-order valence-corrected chi connectivity index (χ1v) is 6.58. The molecular formula is C14H11BrN2O3. The lowest BCUT2D eigenvalue weighted by molar-refractivity contribution is -0.384. The van der Waals surface area contributed by atoms with E-state index in [0.717, 1.165) is 10.0 Å². The minimum absolute atomic E-state index is 0.0404. The molecule has 0 saturated carbocycles. The number of aryl methyl sites for hydroxylation is 1. The number of amides is 1. The van der Waals surface area contributed by atoms with E-state index in [0.29, 0.717) is 11.3 Å². The number of hydrogen-bond acceptors (Lipinski definition) is 3. The first-order chi connectivity index (χ1) is 9.47. The summed E-state index contributed by atoms with van der Waals surface area (Å²) in [5.74, 6) is -0.301. The van der Waals surface area contributed by atoms with Crippen molar-refractivity contribution in [3.8, 4) is 0 Å². The van der Waals surface area contributed by atoms with Crippen LogP contribution in [0.3, 0.4) is 0 Å². The summed E-state index contributed by atoms with van der Waals surface area (Å²) in [6.45, 7) is 1.89. The first-order valence-electron chi connectivity index (χ1n) is 5.79. The molecule has 2 rings (SSSR count). The number of carbonyl (C=O) groups excluding carboxylic acids is 1. The van der Waals surface area contributed by atoms with E-state index in [4.69, 9.17) is 0 Å². The summed E-state index contributed by atoms with van der Waals surface area (Å²) in [6.07, 6.45) is 0. The van der Waals surface area contributed by atoms with Crippen LogP contribution >= 0.6 is 15.9 Å². The normalized spacial score (nSPS) is 10.1. The quantitative estimate of drug-likeness (QED) is 0.683. The number of anilines is 1. The summed E-state index contributed by atoms with van der Waals surface area (Å²) >= 11 is 3.35. The van der Waals surface area contributed by atoms with E-state index in [1.807, 2.05) is 19.1 Å². The summed E-state index contributed by atoms with van der Waals surface area (Å²) in [4.78, 5) is 22.1. The van der Waals surface area contributed by atoms with Crippen LogP contribution in [0.15, 0.2) is 46.9 Å². The predicted octanol–water partition coefficient (Wildman–Crippen LogP) is 3.92. The smallest absolute Gasteiger partial charge is 0.269 e. The molecule has 0 aliphatic heterocycles. The van der Waals surface area contributed by atoms with Gasteiger partial charge in [0.1, 0.15) is 0 Å². The summed E-state index contributed by atoms with van der Waals surface area (Å²) in [6, 6.07) is 11.0. The second-order valence-corrected chi connectivity index (χ2v) is 5.13. The Morgan fingerprint density at radius 2 is 1.85 bits per heavy atom. The lowest BCUT2D eigenvalue weighted by atomic mass is 10.1. The van der Waals surface area contributed by atoms with Gasteiger partial charge in [-0.3, -0.25) is 14.9 Å². The molecule has 0 atom stereocenters. The highest BCUT2D eigenvalue weighted by molar-refractivity contribution is 9.10. The second-order valence-electron chi connectivity index (χ2n) is 4.22. The van der Waals surface area contributed by atoms with Gasteiger partial charge in [0.2, 0.25) is 0 Å². The van der Waals surface area contributed by atoms with Gasteiger partial charge < -0.3 is 5.32 Å². The van der Waals surface area contributed by atoms with E-state index in [1.165, 1.54) is 24.3 Å². The van der Waals surface area contributed by atoms with Crippen LogP contribution in [-0.4, -0.2) is 10.8 Å². The van der Waals surface area contributed by atoms with Crippen LogP contribution in [0.2, 0.25) is 0 Å². The summed E-state index contributed by atoms with van der Waals surface area (Å²) in [7, 11) is 0. The third-order valence-corrected chi connectivity index (χ3v) is 3.27. The van der Waals surface area contributed by atoms with Gasteiger partial charge in [0.25, 0.3) is 11.6 Å². The van der Waals surface area contributed by atoms with Gasteiger partial charge in [-0.05, 0) is 42.8 Å². The third-order valence-electron chi connectivity index (χ3n) is 2.78. The molecule has 0 heterocycles. The molecule has 0 aliphatic carbocycles. The maximum atomic E-state index is 12.0. The number of nitro groups is 1. The molecule has 0 aromatic heterocycles. The van der Waals surface area contributed by atoms with Crippen LogP contribution in [0.4, 0.5) is 11.4 Å². The molecular weight excluding hydrogens is 324 g/mol. The molecule has 0 fully saturated rings. The second kappa shape index (κ2) is 5.83. The Morgan fingerprint density at radius 3 is 2.40 bits per heavy atom. The van der Waals surface area contributed by atoms with Crippen LogP contribution in [-0.2, 0) is 0 Å². The average Bonchev–Trinajstić information content (AvgIpc) is 2.42. The van der Waals surface area contributed by atoms with Crippen LogP contribution in [0.5, 0.6) is 0 Å². The lowest BCUT2D eigenvalue weighted by Crippen LogP contribution is -2.12. The highest BCUT2D eigenvalue weighted by atomic mass is 79.9. The number of nitrogens with zero attached hydrogens (tertiary/aromatic N) is 1. The molecule has 5 nitrogen and oxygen atoms in total. The van der Waals surface area contributed by atoms with Gasteiger partial charge >= 0.3 is 0 Å². The Labute approximate surface area is 123 Å². The van der Waals surface area contributed by atoms with Crippen molar-refractivity contribution < 1.29 is 9.72 Å². The van der Waals surface area contributed by atoms with Crippen LogP contribution in [0.1, 0.15) is 15.9 Å². The van der Waals surface area contributed by atoms with Gasteiger partial charge in [-0.2, -0.15) is 0 Å². The average molecular weight is 335 g/mol. The number of non-ortho nitro benzene ring substituents is 1. The highest BCUT2D eigenvalue weighted by Gasteiger charge is 2.10. The molecule has 1 amide bonds. The van der Waals surface area contributed by atoms with E-state index in [-0.39, 0.29) is 11.6 Å². The van der Waals surface area contributed by atoms with Crippen LogP contribution in [0.25, 0.3) is 0 Å². The standard InChI is InChI=1S/C14H11BrN2O3/c1-9-8-11(15)4-7-13(9)16-14(18)10-2-5-12(6-3-10)17(19)20/h2-8H,1H3,(H,16,18). The van der Waals surface area contributed by atoms with Gasteiger partial charge in [0.15, 0.2) is 0 Å². The van der Waals surface area contributed by atoms with E-state index < -0.39 is 4.92 Å². The highest BCUT2D eigenvalue weighted by Crippen LogP contribution is 2.21. The summed E-state index contributed by atoms with van der Waals surface area (Å²) in [5, 5.41) is 13.3. The predicted molar refractivity (Wildman–Crippen MR) is 79.9 cm³/mol. The molecule has 20 heavy (non-hydrogen) atoms. The zero-order valence-electron chi connectivity index (χ0n) is 10.6. The molecule has 0 bridgehead atoms. The zero-order chi connectivity index (χ0) is 14.7. The molecule has 0 spiro atoms. The zero-order valence-corrected chi connectivity index (χ0v) is 12.2. The molecule has 6 heteroatoms. The lowest BCUT2D eigenvalue weighted by Gasteiger charge is -2.08. The van der Waals surface area contributed by atoms with Crippen molar-refractivity contribution >= 4 is 33.2 Å². The van der Waals surface area contributed by atoms with Crippen molar-refractivity contribution in [3.63, 3.8) is 0 Å². The fraction of sp³-hybridized carbons (Fsp3) is 0.0714. The Kier molecular flexibility index (Phi) is 4.14. The molecule has 0 aliphatic rings. The van der Waals surface area contributed by atoms with Gasteiger partial charge in [0.05, 0.1) is 4.92 Å². The van der Waals surface area contributed by atoms with Gasteiger partial charge in [-0.25, -0.2) is 0 Å². The van der Waals surface area contributed by atoms with E-state index >= 15 is 0 Å². The molecule has 2 aromatic rings. The third kappa shape index (κ3) is 3.21. The maximum absolute atomic E-state index is 12.0. The molecule has 0 radical (unpaired) electrons. The SMILES string of the molecule is Cc1cc(Br)ccc1NC(=O)c1ccc([N+](=O)[O-])cc1. The summed E-state index contributed by atoms with van der Waals surface area (Å²) in [5.41, 5.74) is 1.96. The first kappa shape index (κ1) is 14.2. The van der Waals surface area contributed by atoms with Gasteiger partial charge in [-0.1, -0.05) is 15.9 Å². The fourth-order valence-electron chi connectivity index (χ4n) is 1.70. The molecule has 102 valence electrons. The van der Waals surface area contributed by atoms with E-state index in [9.17, 15) is 14.9 Å². The Morgan fingerprint density at radius 1 is 1.20 bits per heavy atom. The van der Waals surface area contributed by atoms with E-state index in [2.05, 4.69) is 21.2 Å². The number of rotatable bonds is 3. The van der Waals surface area contributed by atoms with Crippen molar-refractivity contribution in [2.75, 3.05) is 5.32 Å². The monoisotopic (exact) mass is 334 g/mol. The molecule has 2 aromatic carbocycles. The minimum atomic E-state index is -0.499. The van der Waals surface area contributed by atoms with Crippen LogP contribution < -0.4 is 5.32 Å². The number of nitro benzene ring substituents is 1. The number of halogens is 1. The summed E-state index contributed by atoms with van der Waals surface area (Å²) < 4.78 is 0.934. The fourth-order valence-corrected chi connectivity index (χ4v) is 2.17. The van der Waals surface area contributed by atoms with Crippen molar-refractivity contribution in [3.05, 3.63) is 68.2 Å². The Balaban J connectivity index is 2.17. The number of benzene rings is 2. The van der Waals surface area contributed by atoms with Crippen molar-refractivity contribution in [2.24, 2.45) is 0 Å². The molecule has 0 unspecified atom stereocenters. The van der Waals surface area contributed by atoms with Crippen molar-refractivity contribution in [1.82, 2.24) is 0 Å². The number of hydrogen-bond donors (Lipinski definition) is 1. The molecule has 1 N–H and O–H groups in total. The topological polar surface area (TPSA) is 72.2 Å².